The molecule has 11 heteroatoms. The number of benzene rings is 1. The molecule has 0 radical (unpaired) electrons. The molecule has 1 N–H and O–H groups in total. The van der Waals surface area contributed by atoms with Crippen molar-refractivity contribution >= 4 is 39.9 Å². The third kappa shape index (κ3) is 14.8. The first-order valence-corrected chi connectivity index (χ1v) is 28.0. The highest BCUT2D eigenvalue weighted by Gasteiger charge is 2.49. The number of methoxy groups -OCH3 is 2. The first-order chi connectivity index (χ1) is 24.9. The van der Waals surface area contributed by atoms with Gasteiger partial charge in [0.25, 0.3) is 0 Å². The smallest absolute Gasteiger partial charge is 0.201 e. The van der Waals surface area contributed by atoms with Gasteiger partial charge in [0.05, 0.1) is 43.2 Å². The van der Waals surface area contributed by atoms with Crippen LogP contribution in [0.25, 0.3) is 0 Å². The number of rotatable bonds is 25. The van der Waals surface area contributed by atoms with Crippen LogP contribution in [-0.2, 0) is 30.0 Å². The van der Waals surface area contributed by atoms with E-state index >= 15 is 0 Å². The molecule has 2 rings (SSSR count). The van der Waals surface area contributed by atoms with Gasteiger partial charge in [-0.3, -0.25) is 0 Å². The van der Waals surface area contributed by atoms with Crippen LogP contribution in [0.1, 0.15) is 81.2 Å². The van der Waals surface area contributed by atoms with Crippen molar-refractivity contribution in [3.05, 3.63) is 41.5 Å². The summed E-state index contributed by atoms with van der Waals surface area (Å²) in [6.07, 6.45) is 2.32. The highest BCUT2D eigenvalue weighted by atomic mass is 32.2. The molecule has 1 aliphatic rings. The minimum atomic E-state index is -2.32. The molecular formula is C42H78O7S2Si2. The second-order valence-corrected chi connectivity index (χ2v) is 31.2. The van der Waals surface area contributed by atoms with Crippen LogP contribution in [0, 0.1) is 17.8 Å². The Morgan fingerprint density at radius 3 is 1.92 bits per heavy atom. The monoisotopic (exact) mass is 814 g/mol. The number of thioether (sulfide) groups is 2. The summed E-state index contributed by atoms with van der Waals surface area (Å²) in [6.45, 7) is 31.3. The van der Waals surface area contributed by atoms with Crippen LogP contribution >= 0.6 is 23.5 Å². The van der Waals surface area contributed by atoms with Gasteiger partial charge in [-0.15, -0.1) is 23.5 Å². The maximum atomic E-state index is 10.7. The Kier molecular flexibility index (Phi) is 21.9. The zero-order valence-corrected chi connectivity index (χ0v) is 39.7. The number of aliphatic hydroxyl groups excluding tert-OH is 1. The van der Waals surface area contributed by atoms with Gasteiger partial charge in [0.2, 0.25) is 8.32 Å². The van der Waals surface area contributed by atoms with Crippen LogP contribution in [0.3, 0.4) is 0 Å². The predicted octanol–water partition coefficient (Wildman–Crippen LogP) is 10.9. The average molecular weight is 815 g/mol. The highest BCUT2D eigenvalue weighted by Crippen LogP contribution is 2.46. The summed E-state index contributed by atoms with van der Waals surface area (Å²) in [6, 6.07) is 9.13. The molecule has 7 atom stereocenters. The second-order valence-electron chi connectivity index (χ2n) is 17.4. The fourth-order valence-electron chi connectivity index (χ4n) is 8.23. The topological polar surface area (TPSA) is 75.6 Å². The van der Waals surface area contributed by atoms with E-state index in [4.69, 9.17) is 28.1 Å². The fourth-order valence-corrected chi connectivity index (χ4v) is 17.6. The average Bonchev–Trinajstić information content (AvgIpc) is 3.10. The lowest BCUT2D eigenvalue weighted by Crippen LogP contribution is -2.54. The van der Waals surface area contributed by atoms with Gasteiger partial charge in [-0.1, -0.05) is 100 Å². The fraction of sp³-hybridized carbons (Fsp3) is 0.810. The molecule has 1 aromatic carbocycles. The maximum absolute atomic E-state index is 10.7. The molecule has 0 unspecified atom stereocenters. The van der Waals surface area contributed by atoms with Gasteiger partial charge in [0.1, 0.15) is 18.6 Å². The van der Waals surface area contributed by atoms with Crippen LogP contribution in [0.4, 0.5) is 0 Å². The van der Waals surface area contributed by atoms with Crippen molar-refractivity contribution in [1.82, 2.24) is 0 Å². The van der Waals surface area contributed by atoms with Crippen LogP contribution in [0.15, 0.2) is 35.9 Å². The number of hydrogen-bond donors (Lipinski definition) is 1. The third-order valence-corrected chi connectivity index (χ3v) is 22.3. The molecule has 308 valence electrons. The van der Waals surface area contributed by atoms with E-state index in [0.717, 1.165) is 17.4 Å². The third-order valence-electron chi connectivity index (χ3n) is 11.1. The molecule has 1 aliphatic heterocycles. The van der Waals surface area contributed by atoms with Gasteiger partial charge in [-0.25, -0.2) is 0 Å². The summed E-state index contributed by atoms with van der Waals surface area (Å²) in [7, 11) is -0.160. The number of ether oxygens (including phenoxy) is 5. The normalized spacial score (nSPS) is 19.3. The van der Waals surface area contributed by atoms with Crippen molar-refractivity contribution in [3.63, 3.8) is 0 Å². The maximum Gasteiger partial charge on any atom is 0.201 e. The quantitative estimate of drug-likeness (QED) is 0.0449. The number of aliphatic hydroxyl groups is 1. The van der Waals surface area contributed by atoms with E-state index in [1.54, 1.807) is 14.2 Å². The van der Waals surface area contributed by atoms with E-state index in [1.807, 2.05) is 12.1 Å². The van der Waals surface area contributed by atoms with Crippen LogP contribution in [0.5, 0.6) is 5.75 Å². The van der Waals surface area contributed by atoms with Gasteiger partial charge < -0.3 is 33.2 Å². The summed E-state index contributed by atoms with van der Waals surface area (Å²) in [5.41, 5.74) is 3.64. The van der Waals surface area contributed by atoms with Crippen LogP contribution in [0.2, 0.25) is 42.3 Å². The van der Waals surface area contributed by atoms with E-state index in [1.165, 1.54) is 23.5 Å². The van der Waals surface area contributed by atoms with Gasteiger partial charge in [-0.2, -0.15) is 0 Å². The zero-order chi connectivity index (χ0) is 39.9. The Balaban J connectivity index is 2.60. The Morgan fingerprint density at radius 1 is 0.849 bits per heavy atom. The molecule has 0 bridgehead atoms. The van der Waals surface area contributed by atoms with Crippen LogP contribution in [-0.4, -0.2) is 96.2 Å². The minimum Gasteiger partial charge on any atom is -0.497 e. The van der Waals surface area contributed by atoms with Crippen molar-refractivity contribution in [2.45, 2.75) is 154 Å². The molecule has 0 spiro atoms. The molecule has 0 aliphatic carbocycles. The van der Waals surface area contributed by atoms with Gasteiger partial charge in [0.15, 0.2) is 0 Å². The SMILES string of the molecule is COc1ccc(CO[C@H]([C@@H](C)[C@H](OC)[C@H](CO)OCOCC[Si](C)(C)C)[C@H](C)[C@@H](O[Si](C(C)C)(C(C)C)C(C)C)/C(C)=C/[C@H](C)C2SCCCS2)cc1. The standard InChI is InChI=1S/C42H78O7S2Si2/c1-29(2)53(30(3)4,31(5)6)49-39(32(7)25-33(8)42-50-22-16-23-51-42)34(9)40(47-27-36-17-19-37(44-11)20-18-36)35(10)41(45-12)38(26-43)48-28-46-21-24-52(13,14)15/h17-20,25,29-31,33-35,38-43H,16,21-24,26-28H2,1-15H3/b32-25+/t33-,34+,35+,38-,39-,40-,41-/m0/s1. The second kappa shape index (κ2) is 23.8. The van der Waals surface area contributed by atoms with Gasteiger partial charge in [-0.05, 0) is 76.7 Å². The molecule has 0 amide bonds. The predicted molar refractivity (Wildman–Crippen MR) is 234 cm³/mol. The molecule has 1 aromatic rings. The van der Waals surface area contributed by atoms with Crippen molar-refractivity contribution < 1.29 is 33.2 Å². The lowest BCUT2D eigenvalue weighted by Gasteiger charge is -2.48. The lowest BCUT2D eigenvalue weighted by molar-refractivity contribution is -0.173. The van der Waals surface area contributed by atoms with Gasteiger partial charge in [0, 0.05) is 33.6 Å². The number of allylic oxidation sites excluding steroid dienone is 1. The highest BCUT2D eigenvalue weighted by molar-refractivity contribution is 8.17. The van der Waals surface area contributed by atoms with E-state index in [0.29, 0.717) is 40.3 Å². The summed E-state index contributed by atoms with van der Waals surface area (Å²) in [5, 5.41) is 10.7. The Labute approximate surface area is 335 Å². The van der Waals surface area contributed by atoms with E-state index in [-0.39, 0.29) is 37.4 Å². The largest absolute Gasteiger partial charge is 0.497 e. The zero-order valence-electron chi connectivity index (χ0n) is 36.1. The minimum absolute atomic E-state index is 0.0357. The summed E-state index contributed by atoms with van der Waals surface area (Å²) in [5.74, 6) is 3.49. The van der Waals surface area contributed by atoms with Crippen molar-refractivity contribution in [2.24, 2.45) is 17.8 Å². The Bertz CT molecular complexity index is 1150. The summed E-state index contributed by atoms with van der Waals surface area (Å²) < 4.78 is 39.1. The number of hydrogen-bond acceptors (Lipinski definition) is 9. The lowest BCUT2D eigenvalue weighted by atomic mass is 9.82. The first kappa shape index (κ1) is 48.8. The van der Waals surface area contributed by atoms with E-state index < -0.39 is 28.6 Å². The van der Waals surface area contributed by atoms with Crippen molar-refractivity contribution in [2.75, 3.05) is 45.7 Å². The molecule has 0 saturated carbocycles. The molecule has 7 nitrogen and oxygen atoms in total. The molecule has 53 heavy (non-hydrogen) atoms. The van der Waals surface area contributed by atoms with Crippen LogP contribution < -0.4 is 4.74 Å². The van der Waals surface area contributed by atoms with E-state index in [2.05, 4.69) is 131 Å². The molecule has 1 heterocycles. The van der Waals surface area contributed by atoms with Gasteiger partial charge >= 0.3 is 0 Å². The molecule has 1 saturated heterocycles. The Hall–Kier alpha value is -0.346. The molecule has 0 aromatic heterocycles. The summed E-state index contributed by atoms with van der Waals surface area (Å²) in [4.78, 5) is 0. The Morgan fingerprint density at radius 2 is 1.43 bits per heavy atom. The molecular weight excluding hydrogens is 737 g/mol. The van der Waals surface area contributed by atoms with E-state index in [9.17, 15) is 5.11 Å². The summed E-state index contributed by atoms with van der Waals surface area (Å²) >= 11 is 4.19. The van der Waals surface area contributed by atoms with Crippen molar-refractivity contribution in [1.29, 1.82) is 0 Å². The first-order valence-electron chi connectivity index (χ1n) is 20.1. The molecule has 1 fully saturated rings. The van der Waals surface area contributed by atoms with Crippen molar-refractivity contribution in [3.8, 4) is 5.75 Å².